The molecule has 1 saturated heterocycles. The molecule has 180 valence electrons. The van der Waals surface area contributed by atoms with Gasteiger partial charge in [0.05, 0.1) is 18.4 Å². The second-order valence-electron chi connectivity index (χ2n) is 7.93. The van der Waals surface area contributed by atoms with Crippen molar-refractivity contribution in [2.45, 2.75) is 6.04 Å². The molecule has 1 aliphatic heterocycles. The van der Waals surface area contributed by atoms with Gasteiger partial charge in [-0.05, 0) is 23.3 Å². The Bertz CT molecular complexity index is 981. The van der Waals surface area contributed by atoms with Crippen molar-refractivity contribution >= 4 is 27.6 Å². The Morgan fingerprint density at radius 2 is 1.67 bits per heavy atom. The Morgan fingerprint density at radius 3 is 2.30 bits per heavy atom. The molecular formula is C23H30ClN3O5S. The highest BCUT2D eigenvalue weighted by Crippen LogP contribution is 2.30. The van der Waals surface area contributed by atoms with Crippen LogP contribution in [-0.4, -0.2) is 86.9 Å². The molecule has 1 heterocycles. The largest absolute Gasteiger partial charge is 0.370 e. The standard InChI is InChI=1S/C23H30ClN3O5S/c24-21-8-6-20(7-9-21)23(19-4-2-1-3-5-19)27-13-11-26(12-14-27)15-16-32-18-22(28)25-10-17-33(29,30)31/h1-9,23H,10-18H2,(H,25,28)(H,29,30,31)/t23-/m1/s1. The maximum absolute atomic E-state index is 11.6. The summed E-state index contributed by atoms with van der Waals surface area (Å²) in [6.07, 6.45) is 0. The number of benzene rings is 2. The number of carbonyl (C=O) groups is 1. The fraction of sp³-hybridized carbons (Fsp3) is 0.435. The van der Waals surface area contributed by atoms with Crippen LogP contribution in [0, 0.1) is 0 Å². The number of halogens is 1. The van der Waals surface area contributed by atoms with E-state index in [-0.39, 0.29) is 19.2 Å². The summed E-state index contributed by atoms with van der Waals surface area (Å²) >= 11 is 6.10. The first-order valence-corrected chi connectivity index (χ1v) is 12.9. The van der Waals surface area contributed by atoms with Crippen LogP contribution in [0.5, 0.6) is 0 Å². The Hall–Kier alpha value is -2.01. The van der Waals surface area contributed by atoms with Gasteiger partial charge in [0.25, 0.3) is 10.1 Å². The summed E-state index contributed by atoms with van der Waals surface area (Å²) in [4.78, 5) is 16.4. The highest BCUT2D eigenvalue weighted by Gasteiger charge is 2.26. The zero-order valence-electron chi connectivity index (χ0n) is 18.4. The Labute approximate surface area is 200 Å². The molecule has 2 N–H and O–H groups in total. The van der Waals surface area contributed by atoms with Gasteiger partial charge in [-0.1, -0.05) is 54.1 Å². The monoisotopic (exact) mass is 495 g/mol. The molecule has 0 saturated carbocycles. The summed E-state index contributed by atoms with van der Waals surface area (Å²) in [7, 11) is -4.08. The Kier molecular flexibility index (Phi) is 9.66. The normalized spacial score (nSPS) is 16.4. The summed E-state index contributed by atoms with van der Waals surface area (Å²) in [5, 5.41) is 3.12. The van der Waals surface area contributed by atoms with Crippen LogP contribution >= 0.6 is 11.6 Å². The second-order valence-corrected chi connectivity index (χ2v) is 9.94. The van der Waals surface area contributed by atoms with E-state index < -0.39 is 21.8 Å². The minimum Gasteiger partial charge on any atom is -0.370 e. The van der Waals surface area contributed by atoms with Crippen LogP contribution in [0.3, 0.4) is 0 Å². The number of carbonyl (C=O) groups excluding carboxylic acids is 1. The van der Waals surface area contributed by atoms with Crippen LogP contribution < -0.4 is 5.32 Å². The molecule has 2 aromatic rings. The molecule has 3 rings (SSSR count). The topological polar surface area (TPSA) is 99.2 Å². The Balaban J connectivity index is 1.44. The molecule has 0 spiro atoms. The average molecular weight is 496 g/mol. The molecule has 0 aliphatic carbocycles. The van der Waals surface area contributed by atoms with Crippen molar-refractivity contribution in [3.8, 4) is 0 Å². The first-order valence-electron chi connectivity index (χ1n) is 10.9. The van der Waals surface area contributed by atoms with Crippen molar-refractivity contribution in [3.05, 3.63) is 70.7 Å². The van der Waals surface area contributed by atoms with Gasteiger partial charge in [-0.15, -0.1) is 0 Å². The van der Waals surface area contributed by atoms with Crippen molar-refractivity contribution in [2.75, 3.05) is 58.2 Å². The molecule has 1 aliphatic rings. The molecule has 8 nitrogen and oxygen atoms in total. The van der Waals surface area contributed by atoms with Crippen LogP contribution in [0.1, 0.15) is 17.2 Å². The second kappa shape index (κ2) is 12.5. The van der Waals surface area contributed by atoms with Crippen molar-refractivity contribution in [2.24, 2.45) is 0 Å². The summed E-state index contributed by atoms with van der Waals surface area (Å²) in [6, 6.07) is 18.6. The number of piperazine rings is 1. The number of nitrogens with zero attached hydrogens (tertiary/aromatic N) is 2. The third kappa shape index (κ3) is 8.69. The van der Waals surface area contributed by atoms with Crippen LogP contribution in [0.25, 0.3) is 0 Å². The van der Waals surface area contributed by atoms with Crippen molar-refractivity contribution < 1.29 is 22.5 Å². The van der Waals surface area contributed by atoms with E-state index in [4.69, 9.17) is 20.9 Å². The number of ether oxygens (including phenoxy) is 1. The van der Waals surface area contributed by atoms with E-state index in [2.05, 4.69) is 51.5 Å². The molecule has 0 unspecified atom stereocenters. The van der Waals surface area contributed by atoms with Gasteiger partial charge in [-0.2, -0.15) is 8.42 Å². The van der Waals surface area contributed by atoms with Crippen LogP contribution in [0.2, 0.25) is 5.02 Å². The molecule has 2 aromatic carbocycles. The van der Waals surface area contributed by atoms with Gasteiger partial charge in [0.2, 0.25) is 5.91 Å². The SMILES string of the molecule is O=C(COCCN1CCN([C@H](c2ccccc2)c2ccc(Cl)cc2)CC1)NCCS(=O)(=O)O. The van der Waals surface area contributed by atoms with Crippen molar-refractivity contribution in [3.63, 3.8) is 0 Å². The molecule has 0 bridgehead atoms. The lowest BCUT2D eigenvalue weighted by Crippen LogP contribution is -2.48. The fourth-order valence-corrected chi connectivity index (χ4v) is 4.35. The van der Waals surface area contributed by atoms with Crippen molar-refractivity contribution in [1.29, 1.82) is 0 Å². The molecule has 10 heteroatoms. The summed E-state index contributed by atoms with van der Waals surface area (Å²) < 4.78 is 35.4. The van der Waals surface area contributed by atoms with E-state index in [9.17, 15) is 13.2 Å². The summed E-state index contributed by atoms with van der Waals surface area (Å²) in [5.41, 5.74) is 2.46. The molecule has 0 aromatic heterocycles. The van der Waals surface area contributed by atoms with Crippen molar-refractivity contribution in [1.82, 2.24) is 15.1 Å². The molecular weight excluding hydrogens is 466 g/mol. The van der Waals surface area contributed by atoms with Gasteiger partial charge in [0.1, 0.15) is 6.61 Å². The lowest BCUT2D eigenvalue weighted by atomic mass is 9.96. The van der Waals surface area contributed by atoms with E-state index in [0.29, 0.717) is 13.2 Å². The van der Waals surface area contributed by atoms with Gasteiger partial charge in [0, 0.05) is 44.3 Å². The molecule has 33 heavy (non-hydrogen) atoms. The minimum atomic E-state index is -4.08. The molecule has 1 fully saturated rings. The maximum Gasteiger partial charge on any atom is 0.266 e. The smallest absolute Gasteiger partial charge is 0.266 e. The summed E-state index contributed by atoms with van der Waals surface area (Å²) in [5.74, 6) is -0.916. The summed E-state index contributed by atoms with van der Waals surface area (Å²) in [6.45, 7) is 4.42. The van der Waals surface area contributed by atoms with Crippen LogP contribution in [0.4, 0.5) is 0 Å². The molecule has 1 atom stereocenters. The maximum atomic E-state index is 11.6. The highest BCUT2D eigenvalue weighted by atomic mass is 35.5. The quantitative estimate of drug-likeness (QED) is 0.363. The van der Waals surface area contributed by atoms with Gasteiger partial charge < -0.3 is 10.1 Å². The fourth-order valence-electron chi connectivity index (χ4n) is 3.87. The Morgan fingerprint density at radius 1 is 1.03 bits per heavy atom. The van der Waals surface area contributed by atoms with E-state index >= 15 is 0 Å². The van der Waals surface area contributed by atoms with Gasteiger partial charge in [-0.25, -0.2) is 0 Å². The highest BCUT2D eigenvalue weighted by molar-refractivity contribution is 7.85. The predicted octanol–water partition coefficient (Wildman–Crippen LogP) is 2.07. The third-order valence-corrected chi connectivity index (χ3v) is 6.51. The number of hydrogen-bond acceptors (Lipinski definition) is 6. The van der Waals surface area contributed by atoms with Gasteiger partial charge >= 0.3 is 0 Å². The number of amides is 1. The van der Waals surface area contributed by atoms with E-state index in [1.165, 1.54) is 11.1 Å². The number of rotatable bonds is 11. The van der Waals surface area contributed by atoms with Crippen LogP contribution in [-0.2, 0) is 19.6 Å². The number of nitrogens with one attached hydrogen (secondary N) is 1. The lowest BCUT2D eigenvalue weighted by Gasteiger charge is -2.39. The molecule has 0 radical (unpaired) electrons. The third-order valence-electron chi connectivity index (χ3n) is 5.54. The first kappa shape index (κ1) is 25.6. The average Bonchev–Trinajstić information content (AvgIpc) is 2.79. The molecule has 1 amide bonds. The van der Waals surface area contributed by atoms with E-state index in [1.54, 1.807) is 0 Å². The van der Waals surface area contributed by atoms with E-state index in [1.807, 2.05) is 18.2 Å². The lowest BCUT2D eigenvalue weighted by molar-refractivity contribution is -0.125. The first-order chi connectivity index (χ1) is 15.8. The zero-order chi connectivity index (χ0) is 23.7. The van der Waals surface area contributed by atoms with Gasteiger partial charge in [0.15, 0.2) is 0 Å². The van der Waals surface area contributed by atoms with E-state index in [0.717, 1.165) is 31.2 Å². The number of hydrogen-bond donors (Lipinski definition) is 2. The predicted molar refractivity (Wildman–Crippen MR) is 128 cm³/mol. The van der Waals surface area contributed by atoms with Gasteiger partial charge in [-0.3, -0.25) is 19.1 Å². The minimum absolute atomic E-state index is 0.140. The zero-order valence-corrected chi connectivity index (χ0v) is 20.0. The van der Waals surface area contributed by atoms with Crippen LogP contribution in [0.15, 0.2) is 54.6 Å².